The van der Waals surface area contributed by atoms with E-state index < -0.39 is 12.1 Å². The van der Waals surface area contributed by atoms with Crippen LogP contribution < -0.4 is 4.74 Å². The molecule has 1 aromatic heterocycles. The van der Waals surface area contributed by atoms with E-state index in [9.17, 15) is 4.79 Å². The van der Waals surface area contributed by atoms with Gasteiger partial charge in [-0.15, -0.1) is 10.2 Å². The summed E-state index contributed by atoms with van der Waals surface area (Å²) in [6.45, 7) is 3.65. The summed E-state index contributed by atoms with van der Waals surface area (Å²) < 4.78 is 16.2. The molecule has 3 rings (SSSR count). The van der Waals surface area contributed by atoms with Gasteiger partial charge in [0.15, 0.2) is 6.10 Å². The number of esters is 1. The van der Waals surface area contributed by atoms with Crippen LogP contribution in [0.3, 0.4) is 0 Å². The van der Waals surface area contributed by atoms with Crippen LogP contribution in [0.4, 0.5) is 0 Å². The highest BCUT2D eigenvalue weighted by atomic mass is 16.6. The number of carbonyl (C=O) groups excluding carboxylic acids is 1. The fourth-order valence-electron chi connectivity index (χ4n) is 2.50. The zero-order chi connectivity index (χ0) is 19.2. The van der Waals surface area contributed by atoms with Gasteiger partial charge < -0.3 is 13.9 Å². The van der Waals surface area contributed by atoms with Crippen molar-refractivity contribution in [3.63, 3.8) is 0 Å². The maximum atomic E-state index is 12.1. The van der Waals surface area contributed by atoms with Gasteiger partial charge in [0.25, 0.3) is 5.89 Å². The van der Waals surface area contributed by atoms with Gasteiger partial charge in [0.05, 0.1) is 7.11 Å². The predicted octanol–water partition coefficient (Wildman–Crippen LogP) is 4.37. The Labute approximate surface area is 157 Å². The smallest absolute Gasteiger partial charge is 0.331 e. The van der Waals surface area contributed by atoms with E-state index in [1.165, 1.54) is 6.08 Å². The number of aryl methyl sites for hydroxylation is 1. The molecule has 0 aliphatic heterocycles. The molecule has 0 radical (unpaired) electrons. The number of methoxy groups -OCH3 is 1. The van der Waals surface area contributed by atoms with E-state index in [4.69, 9.17) is 13.9 Å². The van der Waals surface area contributed by atoms with Gasteiger partial charge in [-0.2, -0.15) is 0 Å². The Morgan fingerprint density at radius 3 is 2.67 bits per heavy atom. The SMILES string of the molecule is COc1ccc(C)cc1/C=C/C(=O)O[C@@H](C)c1nnc(-c2ccccc2)o1. The molecule has 0 unspecified atom stereocenters. The number of carbonyl (C=O) groups is 1. The lowest BCUT2D eigenvalue weighted by Gasteiger charge is -2.08. The highest BCUT2D eigenvalue weighted by Gasteiger charge is 2.18. The topological polar surface area (TPSA) is 74.5 Å². The molecule has 0 saturated carbocycles. The van der Waals surface area contributed by atoms with Gasteiger partial charge in [-0.1, -0.05) is 29.8 Å². The largest absolute Gasteiger partial charge is 0.496 e. The van der Waals surface area contributed by atoms with E-state index >= 15 is 0 Å². The lowest BCUT2D eigenvalue weighted by atomic mass is 10.1. The monoisotopic (exact) mass is 364 g/mol. The summed E-state index contributed by atoms with van der Waals surface area (Å²) in [6, 6.07) is 15.1. The van der Waals surface area contributed by atoms with Gasteiger partial charge in [0.2, 0.25) is 5.89 Å². The number of rotatable bonds is 6. The molecule has 1 heterocycles. The van der Waals surface area contributed by atoms with E-state index in [1.807, 2.05) is 55.5 Å². The first-order chi connectivity index (χ1) is 13.1. The Morgan fingerprint density at radius 1 is 1.15 bits per heavy atom. The van der Waals surface area contributed by atoms with Gasteiger partial charge in [0.1, 0.15) is 5.75 Å². The standard InChI is InChI=1S/C21H20N2O4/c1-14-9-11-18(25-3)17(13-14)10-12-19(24)26-15(2)20-22-23-21(27-20)16-7-5-4-6-8-16/h4-13,15H,1-3H3/b12-10+/t15-/m0/s1. The minimum atomic E-state index is -0.661. The Bertz CT molecular complexity index is 948. The van der Waals surface area contributed by atoms with Crippen LogP contribution in [0, 0.1) is 6.92 Å². The summed E-state index contributed by atoms with van der Waals surface area (Å²) in [5, 5.41) is 7.96. The molecule has 6 nitrogen and oxygen atoms in total. The fraction of sp³-hybridized carbons (Fsp3) is 0.190. The maximum absolute atomic E-state index is 12.1. The summed E-state index contributed by atoms with van der Waals surface area (Å²) in [5.41, 5.74) is 2.67. The third-order valence-corrected chi connectivity index (χ3v) is 3.89. The number of nitrogens with zero attached hydrogens (tertiary/aromatic N) is 2. The summed E-state index contributed by atoms with van der Waals surface area (Å²) in [6.07, 6.45) is 2.35. The second kappa shape index (κ2) is 8.31. The summed E-state index contributed by atoms with van der Waals surface area (Å²) in [5.74, 6) is 0.796. The number of hydrogen-bond donors (Lipinski definition) is 0. The first-order valence-corrected chi connectivity index (χ1v) is 8.49. The average Bonchev–Trinajstić information content (AvgIpc) is 3.17. The first kappa shape index (κ1) is 18.4. The second-order valence-corrected chi connectivity index (χ2v) is 5.97. The molecule has 0 saturated heterocycles. The molecule has 1 atom stereocenters. The van der Waals surface area contributed by atoms with Crippen molar-refractivity contribution in [2.24, 2.45) is 0 Å². The van der Waals surface area contributed by atoms with Gasteiger partial charge >= 0.3 is 5.97 Å². The van der Waals surface area contributed by atoms with Crippen LogP contribution in [0.25, 0.3) is 17.5 Å². The quantitative estimate of drug-likeness (QED) is 0.477. The van der Waals surface area contributed by atoms with Crippen LogP contribution in [0.5, 0.6) is 5.75 Å². The van der Waals surface area contributed by atoms with Gasteiger partial charge in [0, 0.05) is 17.2 Å². The maximum Gasteiger partial charge on any atom is 0.331 e. The van der Waals surface area contributed by atoms with Crippen LogP contribution in [-0.2, 0) is 9.53 Å². The molecule has 3 aromatic rings. The molecule has 0 aliphatic rings. The van der Waals surface area contributed by atoms with Crippen LogP contribution in [0.15, 0.2) is 59.0 Å². The van der Waals surface area contributed by atoms with E-state index in [1.54, 1.807) is 20.1 Å². The van der Waals surface area contributed by atoms with Crippen molar-refractivity contribution < 1.29 is 18.7 Å². The van der Waals surface area contributed by atoms with Crippen molar-refractivity contribution in [1.29, 1.82) is 0 Å². The number of ether oxygens (including phenoxy) is 2. The third-order valence-electron chi connectivity index (χ3n) is 3.89. The van der Waals surface area contributed by atoms with Crippen molar-refractivity contribution in [1.82, 2.24) is 10.2 Å². The first-order valence-electron chi connectivity index (χ1n) is 8.49. The molecular weight excluding hydrogens is 344 g/mol. The summed E-state index contributed by atoms with van der Waals surface area (Å²) in [7, 11) is 1.59. The van der Waals surface area contributed by atoms with Crippen LogP contribution in [0.2, 0.25) is 0 Å². The molecule has 0 spiro atoms. The van der Waals surface area contributed by atoms with Crippen molar-refractivity contribution in [3.05, 3.63) is 71.6 Å². The lowest BCUT2D eigenvalue weighted by Crippen LogP contribution is -2.06. The molecule has 0 bridgehead atoms. The number of benzene rings is 2. The molecule has 0 N–H and O–H groups in total. The molecule has 6 heteroatoms. The third kappa shape index (κ3) is 4.61. The van der Waals surface area contributed by atoms with Crippen molar-refractivity contribution in [2.75, 3.05) is 7.11 Å². The Hall–Kier alpha value is -3.41. The number of hydrogen-bond acceptors (Lipinski definition) is 6. The molecule has 2 aromatic carbocycles. The van der Waals surface area contributed by atoms with E-state index in [0.717, 1.165) is 16.7 Å². The van der Waals surface area contributed by atoms with Crippen LogP contribution in [0.1, 0.15) is 30.0 Å². The molecule has 0 amide bonds. The zero-order valence-corrected chi connectivity index (χ0v) is 15.4. The molecular formula is C21H20N2O4. The van der Waals surface area contributed by atoms with Crippen LogP contribution >= 0.6 is 0 Å². The van der Waals surface area contributed by atoms with Crippen LogP contribution in [-0.4, -0.2) is 23.3 Å². The summed E-state index contributed by atoms with van der Waals surface area (Å²) >= 11 is 0. The zero-order valence-electron chi connectivity index (χ0n) is 15.4. The molecule has 27 heavy (non-hydrogen) atoms. The minimum Gasteiger partial charge on any atom is -0.496 e. The average molecular weight is 364 g/mol. The Kier molecular flexibility index (Phi) is 5.66. The minimum absolute atomic E-state index is 0.240. The Balaban J connectivity index is 1.66. The highest BCUT2D eigenvalue weighted by Crippen LogP contribution is 2.23. The normalized spacial score (nSPS) is 12.1. The van der Waals surface area contributed by atoms with Gasteiger partial charge in [-0.3, -0.25) is 0 Å². The van der Waals surface area contributed by atoms with Gasteiger partial charge in [-0.25, -0.2) is 4.79 Å². The van der Waals surface area contributed by atoms with Crippen molar-refractivity contribution in [3.8, 4) is 17.2 Å². The summed E-state index contributed by atoms with van der Waals surface area (Å²) in [4.78, 5) is 12.1. The molecule has 0 fully saturated rings. The van der Waals surface area contributed by atoms with E-state index in [0.29, 0.717) is 11.6 Å². The predicted molar refractivity (Wildman–Crippen MR) is 101 cm³/mol. The van der Waals surface area contributed by atoms with Gasteiger partial charge in [-0.05, 0) is 44.2 Å². The highest BCUT2D eigenvalue weighted by molar-refractivity contribution is 5.87. The number of aromatic nitrogens is 2. The van der Waals surface area contributed by atoms with E-state index in [-0.39, 0.29) is 5.89 Å². The van der Waals surface area contributed by atoms with E-state index in [2.05, 4.69) is 10.2 Å². The lowest BCUT2D eigenvalue weighted by molar-refractivity contribution is -0.143. The second-order valence-electron chi connectivity index (χ2n) is 5.97. The van der Waals surface area contributed by atoms with Crippen molar-refractivity contribution >= 4 is 12.0 Å². The Morgan fingerprint density at radius 2 is 1.93 bits per heavy atom. The molecule has 138 valence electrons. The fourth-order valence-corrected chi connectivity index (χ4v) is 2.50. The van der Waals surface area contributed by atoms with Crippen molar-refractivity contribution in [2.45, 2.75) is 20.0 Å². The molecule has 0 aliphatic carbocycles.